The first-order chi connectivity index (χ1) is 13.6. The molecule has 6 heteroatoms. The van der Waals surface area contributed by atoms with E-state index < -0.39 is 29.4 Å². The van der Waals surface area contributed by atoms with E-state index in [-0.39, 0.29) is 34.7 Å². The highest BCUT2D eigenvalue weighted by Gasteiger charge is 2.80. The second-order valence-corrected chi connectivity index (χ2v) is 10.0. The first-order valence-electron chi connectivity index (χ1n) is 10.6. The van der Waals surface area contributed by atoms with Crippen LogP contribution in [0.5, 0.6) is 0 Å². The van der Waals surface area contributed by atoms with Gasteiger partial charge in [0.25, 0.3) is 0 Å². The zero-order valence-corrected chi connectivity index (χ0v) is 17.2. The maximum atomic E-state index is 12.9. The highest BCUT2D eigenvalue weighted by atomic mass is 16.6. The molecule has 0 aromatic heterocycles. The van der Waals surface area contributed by atoms with E-state index in [1.54, 1.807) is 6.08 Å². The van der Waals surface area contributed by atoms with Crippen molar-refractivity contribution in [1.82, 2.24) is 0 Å². The minimum Gasteiger partial charge on any atom is -0.458 e. The number of esters is 1. The summed E-state index contributed by atoms with van der Waals surface area (Å²) in [4.78, 5) is 36.0. The number of hydrogen-bond acceptors (Lipinski definition) is 6. The average Bonchev–Trinajstić information content (AvgIpc) is 3.32. The maximum Gasteiger partial charge on any atom is 0.303 e. The molecular formula is C23H28O6. The van der Waals surface area contributed by atoms with Crippen molar-refractivity contribution in [2.75, 3.05) is 6.61 Å². The number of fused-ring (bicyclic) bond motifs is 3. The van der Waals surface area contributed by atoms with E-state index in [1.165, 1.54) is 6.92 Å². The van der Waals surface area contributed by atoms with Crippen molar-refractivity contribution >= 4 is 17.5 Å². The monoisotopic (exact) mass is 400 g/mol. The van der Waals surface area contributed by atoms with Crippen LogP contribution in [0.15, 0.2) is 23.8 Å². The van der Waals surface area contributed by atoms with Gasteiger partial charge in [-0.25, -0.2) is 0 Å². The Labute approximate surface area is 170 Å². The van der Waals surface area contributed by atoms with Crippen molar-refractivity contribution in [2.24, 2.45) is 22.7 Å². The van der Waals surface area contributed by atoms with Crippen molar-refractivity contribution in [3.8, 4) is 0 Å². The van der Waals surface area contributed by atoms with Crippen molar-refractivity contribution in [1.29, 1.82) is 0 Å². The summed E-state index contributed by atoms with van der Waals surface area (Å²) in [5.74, 6) is -0.581. The summed E-state index contributed by atoms with van der Waals surface area (Å²) < 4.78 is 11.4. The molecule has 156 valence electrons. The van der Waals surface area contributed by atoms with E-state index in [4.69, 9.17) is 9.47 Å². The number of allylic oxidation sites excluding steroid dienone is 2. The molecule has 5 rings (SSSR count). The molecule has 4 aliphatic carbocycles. The summed E-state index contributed by atoms with van der Waals surface area (Å²) in [5.41, 5.74) is -1.66. The van der Waals surface area contributed by atoms with Crippen LogP contribution < -0.4 is 0 Å². The maximum absolute atomic E-state index is 12.9. The molecule has 1 spiro atoms. The number of carbonyl (C=O) groups excluding carboxylic acids is 3. The highest BCUT2D eigenvalue weighted by molar-refractivity contribution is 5.93. The molecule has 2 saturated carbocycles. The molecule has 0 unspecified atom stereocenters. The standard InChI is InChI=1S/C23H28O6/c1-13(24)28-12-18(26)22(27)9-7-16-17-5-4-14-10-15(25)6-8-20(14,2)23(17)19(29-23)11-21(16,22)3/h4-5,10,16-17,19,27H,6-9,11-12H2,1-3H3/t16-,17-,19-,20-,21-,22-,23+/m0/s1. The Morgan fingerprint density at radius 3 is 2.79 bits per heavy atom. The highest BCUT2D eigenvalue weighted by Crippen LogP contribution is 2.75. The summed E-state index contributed by atoms with van der Waals surface area (Å²) >= 11 is 0. The molecule has 6 nitrogen and oxygen atoms in total. The lowest BCUT2D eigenvalue weighted by Gasteiger charge is -2.54. The summed E-state index contributed by atoms with van der Waals surface area (Å²) in [6.07, 6.45) is 8.93. The van der Waals surface area contributed by atoms with Crippen LogP contribution in [0, 0.1) is 22.7 Å². The summed E-state index contributed by atoms with van der Waals surface area (Å²) in [5, 5.41) is 11.5. The lowest BCUT2D eigenvalue weighted by molar-refractivity contribution is -0.164. The van der Waals surface area contributed by atoms with Gasteiger partial charge in [-0.05, 0) is 43.3 Å². The quantitative estimate of drug-likeness (QED) is 0.577. The molecule has 1 heterocycles. The normalized spacial score (nSPS) is 49.3. The molecule has 29 heavy (non-hydrogen) atoms. The minimum absolute atomic E-state index is 0.0496. The van der Waals surface area contributed by atoms with Crippen molar-refractivity contribution in [3.05, 3.63) is 23.8 Å². The zero-order chi connectivity index (χ0) is 20.8. The van der Waals surface area contributed by atoms with E-state index in [2.05, 4.69) is 19.1 Å². The summed E-state index contributed by atoms with van der Waals surface area (Å²) in [6.45, 7) is 5.07. The second-order valence-electron chi connectivity index (χ2n) is 10.0. The SMILES string of the molecule is CC(=O)OCC(=O)[C@@]1(O)CC[C@H]2[C@@H]3C=CC4=CC(=O)CC[C@]4(C)[C@@]34O[C@H]4C[C@@]21C. The van der Waals surface area contributed by atoms with Gasteiger partial charge in [0.2, 0.25) is 5.78 Å². The molecule has 0 bridgehead atoms. The van der Waals surface area contributed by atoms with E-state index in [0.29, 0.717) is 19.3 Å². The molecule has 0 amide bonds. The Bertz CT molecular complexity index is 888. The average molecular weight is 400 g/mol. The predicted molar refractivity (Wildman–Crippen MR) is 103 cm³/mol. The predicted octanol–water partition coefficient (Wildman–Crippen LogP) is 2.29. The molecule has 5 aliphatic rings. The molecular weight excluding hydrogens is 372 g/mol. The van der Waals surface area contributed by atoms with Gasteiger partial charge in [-0.3, -0.25) is 14.4 Å². The molecule has 1 aliphatic heterocycles. The van der Waals surface area contributed by atoms with Gasteiger partial charge < -0.3 is 14.6 Å². The third kappa shape index (κ3) is 2.17. The number of epoxide rings is 1. The number of carbonyl (C=O) groups is 3. The van der Waals surface area contributed by atoms with Crippen molar-refractivity contribution in [3.63, 3.8) is 0 Å². The van der Waals surface area contributed by atoms with Crippen LogP contribution in [-0.4, -0.2) is 46.6 Å². The largest absolute Gasteiger partial charge is 0.458 e. The topological polar surface area (TPSA) is 93.2 Å². The molecule has 7 atom stereocenters. The van der Waals surface area contributed by atoms with Crippen LogP contribution in [0.4, 0.5) is 0 Å². The van der Waals surface area contributed by atoms with Crippen LogP contribution in [-0.2, 0) is 23.9 Å². The first kappa shape index (κ1) is 19.2. The van der Waals surface area contributed by atoms with Crippen molar-refractivity contribution < 1.29 is 29.0 Å². The Morgan fingerprint density at radius 1 is 1.31 bits per heavy atom. The van der Waals surface area contributed by atoms with Crippen LogP contribution in [0.2, 0.25) is 0 Å². The third-order valence-electron chi connectivity index (χ3n) is 8.92. The number of ketones is 2. The van der Waals surface area contributed by atoms with Gasteiger partial charge in [0.05, 0.1) is 6.10 Å². The number of rotatable bonds is 3. The lowest BCUT2D eigenvalue weighted by Crippen LogP contribution is -2.61. The number of Topliss-reactive ketones (excluding diaryl/α,β-unsaturated/α-hetero) is 1. The van der Waals surface area contributed by atoms with E-state index >= 15 is 0 Å². The van der Waals surface area contributed by atoms with E-state index in [1.807, 2.05) is 6.92 Å². The van der Waals surface area contributed by atoms with E-state index in [0.717, 1.165) is 18.4 Å². The molecule has 1 N–H and O–H groups in total. The van der Waals surface area contributed by atoms with Crippen LogP contribution in [0.1, 0.15) is 52.9 Å². The minimum atomic E-state index is -1.52. The van der Waals surface area contributed by atoms with Gasteiger partial charge in [-0.1, -0.05) is 26.0 Å². The fourth-order valence-corrected chi connectivity index (χ4v) is 7.20. The van der Waals surface area contributed by atoms with Gasteiger partial charge in [-0.15, -0.1) is 0 Å². The third-order valence-corrected chi connectivity index (χ3v) is 8.92. The molecule has 1 saturated heterocycles. The molecule has 0 aromatic rings. The molecule has 0 radical (unpaired) electrons. The molecule has 3 fully saturated rings. The number of ether oxygens (including phenoxy) is 2. The van der Waals surface area contributed by atoms with Crippen molar-refractivity contribution in [2.45, 2.75) is 70.2 Å². The smallest absolute Gasteiger partial charge is 0.303 e. The summed E-state index contributed by atoms with van der Waals surface area (Å²) in [7, 11) is 0. The number of hydrogen-bond donors (Lipinski definition) is 1. The van der Waals surface area contributed by atoms with Gasteiger partial charge in [0.15, 0.2) is 12.4 Å². The lowest BCUT2D eigenvalue weighted by atomic mass is 9.47. The van der Waals surface area contributed by atoms with Gasteiger partial charge in [0.1, 0.15) is 11.2 Å². The van der Waals surface area contributed by atoms with Gasteiger partial charge >= 0.3 is 5.97 Å². The number of aliphatic hydroxyl groups is 1. The van der Waals surface area contributed by atoms with Crippen LogP contribution >= 0.6 is 0 Å². The zero-order valence-electron chi connectivity index (χ0n) is 17.2. The Hall–Kier alpha value is -1.79. The van der Waals surface area contributed by atoms with Gasteiger partial charge in [-0.2, -0.15) is 0 Å². The Morgan fingerprint density at radius 2 is 2.07 bits per heavy atom. The fourth-order valence-electron chi connectivity index (χ4n) is 7.20. The van der Waals surface area contributed by atoms with Crippen LogP contribution in [0.25, 0.3) is 0 Å². The Kier molecular flexibility index (Phi) is 3.75. The van der Waals surface area contributed by atoms with E-state index in [9.17, 15) is 19.5 Å². The summed E-state index contributed by atoms with van der Waals surface area (Å²) in [6, 6.07) is 0. The molecule has 0 aromatic carbocycles. The van der Waals surface area contributed by atoms with Gasteiger partial charge in [0, 0.05) is 30.1 Å². The first-order valence-corrected chi connectivity index (χ1v) is 10.6. The fraction of sp³-hybridized carbons (Fsp3) is 0.696. The van der Waals surface area contributed by atoms with Crippen LogP contribution in [0.3, 0.4) is 0 Å². The Balaban J connectivity index is 1.51. The second kappa shape index (κ2) is 5.67.